The molecule has 0 aliphatic rings. The van der Waals surface area contributed by atoms with Crippen molar-refractivity contribution in [3.05, 3.63) is 59.1 Å². The zero-order valence-corrected chi connectivity index (χ0v) is 16.6. The van der Waals surface area contributed by atoms with Gasteiger partial charge in [-0.3, -0.25) is 9.10 Å². The molecule has 0 aliphatic heterocycles. The molecule has 0 fully saturated rings. The molecule has 0 saturated heterocycles. The molecule has 2 aromatic rings. The minimum Gasteiger partial charge on any atom is -0.349 e. The van der Waals surface area contributed by atoms with Gasteiger partial charge in [-0.05, 0) is 61.4 Å². The first-order valence-corrected chi connectivity index (χ1v) is 10.3. The number of carbonyl (C=O) groups excluding carboxylic acids is 1. The molecule has 0 bridgehead atoms. The van der Waals surface area contributed by atoms with Crippen molar-refractivity contribution < 1.29 is 13.2 Å². The van der Waals surface area contributed by atoms with Gasteiger partial charge in [0.1, 0.15) is 0 Å². The average molecular weight is 395 g/mol. The van der Waals surface area contributed by atoms with E-state index in [-0.39, 0.29) is 16.8 Å². The van der Waals surface area contributed by atoms with E-state index >= 15 is 0 Å². The number of rotatable bonds is 7. The first kappa shape index (κ1) is 20.3. The Bertz CT molecular complexity index is 845. The van der Waals surface area contributed by atoms with Crippen LogP contribution in [0.1, 0.15) is 37.0 Å². The summed E-state index contributed by atoms with van der Waals surface area (Å²) in [7, 11) is -2.22. The number of anilines is 1. The Morgan fingerprint density at radius 3 is 2.08 bits per heavy atom. The maximum Gasteiger partial charge on any atom is 0.264 e. The van der Waals surface area contributed by atoms with Gasteiger partial charge in [0.15, 0.2) is 0 Å². The summed E-state index contributed by atoms with van der Waals surface area (Å²) in [4.78, 5) is 12.4. The number of hydrogen-bond donors (Lipinski definition) is 1. The molecule has 2 aromatic carbocycles. The number of nitrogens with zero attached hydrogens (tertiary/aromatic N) is 1. The molecule has 0 atom stereocenters. The van der Waals surface area contributed by atoms with Crippen molar-refractivity contribution in [2.45, 2.75) is 37.6 Å². The maximum atomic E-state index is 12.7. The number of carbonyl (C=O) groups is 1. The van der Waals surface area contributed by atoms with Gasteiger partial charge in [0.25, 0.3) is 15.9 Å². The summed E-state index contributed by atoms with van der Waals surface area (Å²) in [5, 5.41) is 3.43. The van der Waals surface area contributed by atoms with E-state index in [2.05, 4.69) is 5.32 Å². The highest BCUT2D eigenvalue weighted by molar-refractivity contribution is 7.92. The number of nitrogens with one attached hydrogen (secondary N) is 1. The second-order valence-corrected chi connectivity index (χ2v) is 8.37. The standard InChI is InChI=1S/C19H23ClN2O3S/c1-4-16(5-2)21-19(23)14-6-10-17(11-7-14)22(3)26(24,25)18-12-8-15(20)9-13-18/h6-13,16H,4-5H2,1-3H3,(H,21,23). The van der Waals surface area contributed by atoms with Crippen LogP contribution >= 0.6 is 11.6 Å². The molecule has 0 aliphatic carbocycles. The second kappa shape index (κ2) is 8.56. The van der Waals surface area contributed by atoms with Crippen LogP contribution in [0.3, 0.4) is 0 Å². The van der Waals surface area contributed by atoms with Crippen LogP contribution in [-0.2, 0) is 10.0 Å². The third kappa shape index (κ3) is 4.56. The van der Waals surface area contributed by atoms with Crippen molar-refractivity contribution in [1.29, 1.82) is 0 Å². The molecular formula is C19H23ClN2O3S. The number of amides is 1. The van der Waals surface area contributed by atoms with Gasteiger partial charge in [0.2, 0.25) is 0 Å². The molecule has 0 saturated carbocycles. The molecule has 1 N–H and O–H groups in total. The molecule has 26 heavy (non-hydrogen) atoms. The Labute approximate surface area is 160 Å². The van der Waals surface area contributed by atoms with Crippen LogP contribution in [0, 0.1) is 0 Å². The molecule has 0 spiro atoms. The van der Waals surface area contributed by atoms with E-state index < -0.39 is 10.0 Å². The summed E-state index contributed by atoms with van der Waals surface area (Å²) in [5.74, 6) is -0.159. The lowest BCUT2D eigenvalue weighted by Gasteiger charge is -2.20. The SMILES string of the molecule is CCC(CC)NC(=O)c1ccc(N(C)S(=O)(=O)c2ccc(Cl)cc2)cc1. The van der Waals surface area contributed by atoms with Gasteiger partial charge < -0.3 is 5.32 Å². The number of sulfonamides is 1. The number of hydrogen-bond acceptors (Lipinski definition) is 3. The van der Waals surface area contributed by atoms with Gasteiger partial charge in [0.05, 0.1) is 10.6 Å². The van der Waals surface area contributed by atoms with Crippen molar-refractivity contribution in [2.75, 3.05) is 11.4 Å². The lowest BCUT2D eigenvalue weighted by Crippen LogP contribution is -2.33. The average Bonchev–Trinajstić information content (AvgIpc) is 2.65. The first-order valence-electron chi connectivity index (χ1n) is 8.45. The smallest absolute Gasteiger partial charge is 0.264 e. The maximum absolute atomic E-state index is 12.7. The highest BCUT2D eigenvalue weighted by atomic mass is 35.5. The van der Waals surface area contributed by atoms with E-state index in [0.717, 1.165) is 12.8 Å². The molecular weight excluding hydrogens is 372 g/mol. The molecule has 7 heteroatoms. The summed E-state index contributed by atoms with van der Waals surface area (Å²) in [6.07, 6.45) is 1.73. The third-order valence-electron chi connectivity index (χ3n) is 4.29. The summed E-state index contributed by atoms with van der Waals surface area (Å²) < 4.78 is 26.6. The van der Waals surface area contributed by atoms with Gasteiger partial charge in [-0.25, -0.2) is 8.42 Å². The molecule has 0 unspecified atom stereocenters. The normalized spacial score (nSPS) is 11.4. The molecule has 2 rings (SSSR count). The van der Waals surface area contributed by atoms with E-state index in [4.69, 9.17) is 11.6 Å². The Morgan fingerprint density at radius 1 is 1.04 bits per heavy atom. The van der Waals surface area contributed by atoms with Crippen molar-refractivity contribution in [1.82, 2.24) is 5.32 Å². The van der Waals surface area contributed by atoms with E-state index in [1.807, 2.05) is 13.8 Å². The minimum atomic E-state index is -3.69. The van der Waals surface area contributed by atoms with Crippen molar-refractivity contribution >= 4 is 33.2 Å². The van der Waals surface area contributed by atoms with Gasteiger partial charge in [-0.15, -0.1) is 0 Å². The number of halogens is 1. The fraction of sp³-hybridized carbons (Fsp3) is 0.316. The van der Waals surface area contributed by atoms with Crippen LogP contribution in [0.15, 0.2) is 53.4 Å². The Balaban J connectivity index is 2.19. The predicted molar refractivity (Wildman–Crippen MR) is 105 cm³/mol. The Kier molecular flexibility index (Phi) is 6.67. The van der Waals surface area contributed by atoms with E-state index in [1.54, 1.807) is 24.3 Å². The quantitative estimate of drug-likeness (QED) is 0.769. The summed E-state index contributed by atoms with van der Waals surface area (Å²) in [6, 6.07) is 12.6. The molecule has 0 radical (unpaired) electrons. The van der Waals surface area contributed by atoms with Crippen molar-refractivity contribution in [3.8, 4) is 0 Å². The lowest BCUT2D eigenvalue weighted by atomic mass is 10.1. The van der Waals surface area contributed by atoms with Crippen LogP contribution in [0.2, 0.25) is 5.02 Å². The fourth-order valence-electron chi connectivity index (χ4n) is 2.49. The van der Waals surface area contributed by atoms with Gasteiger partial charge in [-0.2, -0.15) is 0 Å². The van der Waals surface area contributed by atoms with Crippen LogP contribution < -0.4 is 9.62 Å². The monoisotopic (exact) mass is 394 g/mol. The Hall–Kier alpha value is -2.05. The van der Waals surface area contributed by atoms with Crippen molar-refractivity contribution in [2.24, 2.45) is 0 Å². The highest BCUT2D eigenvalue weighted by Crippen LogP contribution is 2.23. The zero-order valence-electron chi connectivity index (χ0n) is 15.1. The van der Waals surface area contributed by atoms with E-state index in [0.29, 0.717) is 16.3 Å². The Morgan fingerprint density at radius 2 is 1.58 bits per heavy atom. The molecule has 5 nitrogen and oxygen atoms in total. The largest absolute Gasteiger partial charge is 0.349 e. The van der Waals surface area contributed by atoms with Gasteiger partial charge >= 0.3 is 0 Å². The molecule has 1 amide bonds. The van der Waals surface area contributed by atoms with Crippen LogP contribution in [-0.4, -0.2) is 27.4 Å². The molecule has 0 heterocycles. The van der Waals surface area contributed by atoms with Gasteiger partial charge in [0, 0.05) is 23.7 Å². The summed E-state index contributed by atoms with van der Waals surface area (Å²) >= 11 is 5.82. The molecule has 140 valence electrons. The zero-order chi connectivity index (χ0) is 19.3. The van der Waals surface area contributed by atoms with Crippen molar-refractivity contribution in [3.63, 3.8) is 0 Å². The lowest BCUT2D eigenvalue weighted by molar-refractivity contribution is 0.0935. The van der Waals surface area contributed by atoms with Crippen LogP contribution in [0.4, 0.5) is 5.69 Å². The number of benzene rings is 2. The highest BCUT2D eigenvalue weighted by Gasteiger charge is 2.21. The fourth-order valence-corrected chi connectivity index (χ4v) is 3.81. The third-order valence-corrected chi connectivity index (χ3v) is 6.34. The van der Waals surface area contributed by atoms with Crippen LogP contribution in [0.25, 0.3) is 0 Å². The summed E-state index contributed by atoms with van der Waals surface area (Å²) in [6.45, 7) is 4.04. The topological polar surface area (TPSA) is 66.5 Å². The molecule has 0 aromatic heterocycles. The second-order valence-electron chi connectivity index (χ2n) is 5.96. The predicted octanol–water partition coefficient (Wildman–Crippen LogP) is 4.08. The van der Waals surface area contributed by atoms with E-state index in [1.165, 1.54) is 35.6 Å². The first-order chi connectivity index (χ1) is 12.3. The van der Waals surface area contributed by atoms with Gasteiger partial charge in [-0.1, -0.05) is 25.4 Å². The minimum absolute atomic E-state index is 0.134. The van der Waals surface area contributed by atoms with E-state index in [9.17, 15) is 13.2 Å². The summed E-state index contributed by atoms with van der Waals surface area (Å²) in [5.41, 5.74) is 0.969. The van der Waals surface area contributed by atoms with Crippen LogP contribution in [0.5, 0.6) is 0 Å².